The Morgan fingerprint density at radius 2 is 1.40 bits per heavy atom. The third-order valence-electron chi connectivity index (χ3n) is 5.29. The van der Waals surface area contributed by atoms with E-state index in [0.29, 0.717) is 5.56 Å². The lowest BCUT2D eigenvalue weighted by molar-refractivity contribution is -0.150. The number of Topliss-reactive ketones (excluding diaryl/α,β-unsaturated/α-hetero) is 1. The average molecular weight is 365 g/mol. The number of hydrogen-bond acceptors (Lipinski definition) is 5. The third kappa shape index (κ3) is 4.37. The van der Waals surface area contributed by atoms with Gasteiger partial charge in [-0.05, 0) is 5.04 Å². The Labute approximate surface area is 150 Å². The van der Waals surface area contributed by atoms with E-state index in [1.54, 1.807) is 30.3 Å². The van der Waals surface area contributed by atoms with E-state index < -0.39 is 37.3 Å². The molecule has 138 valence electrons. The quantitative estimate of drug-likeness (QED) is 0.333. The SMILES string of the molecule is COC(=O)C(C(=O)c1ccccc1)C(C(=O)OC)[Si](C)(C)C(C)(C)C. The van der Waals surface area contributed by atoms with Crippen molar-refractivity contribution in [2.45, 2.75) is 44.4 Å². The Hall–Kier alpha value is -1.95. The minimum absolute atomic E-state index is 0.227. The van der Waals surface area contributed by atoms with Crippen LogP contribution in [0.25, 0.3) is 0 Å². The topological polar surface area (TPSA) is 69.7 Å². The summed E-state index contributed by atoms with van der Waals surface area (Å²) in [6.07, 6.45) is 0. The summed E-state index contributed by atoms with van der Waals surface area (Å²) in [5.41, 5.74) is -0.455. The van der Waals surface area contributed by atoms with Crippen molar-refractivity contribution < 1.29 is 23.9 Å². The van der Waals surface area contributed by atoms with Gasteiger partial charge in [-0.3, -0.25) is 14.4 Å². The van der Waals surface area contributed by atoms with E-state index in [4.69, 9.17) is 9.47 Å². The molecular formula is C19H28O5Si. The maximum Gasteiger partial charge on any atom is 0.317 e. The molecule has 0 bridgehead atoms. The standard InChI is InChI=1S/C19H28O5Si/c1-19(2,3)25(6,7)16(18(22)24-5)14(17(21)23-4)15(20)13-11-9-8-10-12-13/h8-12,14,16H,1-7H3. The van der Waals surface area contributed by atoms with Gasteiger partial charge in [0.25, 0.3) is 0 Å². The predicted octanol–water partition coefficient (Wildman–Crippen LogP) is 3.71. The molecule has 2 unspecified atom stereocenters. The minimum Gasteiger partial charge on any atom is -0.469 e. The van der Waals surface area contributed by atoms with Crippen molar-refractivity contribution in [3.8, 4) is 0 Å². The molecule has 0 saturated heterocycles. The monoisotopic (exact) mass is 364 g/mol. The first-order valence-electron chi connectivity index (χ1n) is 8.24. The number of methoxy groups -OCH3 is 2. The van der Waals surface area contributed by atoms with Crippen molar-refractivity contribution in [2.75, 3.05) is 14.2 Å². The smallest absolute Gasteiger partial charge is 0.317 e. The van der Waals surface area contributed by atoms with Crippen molar-refractivity contribution in [3.05, 3.63) is 35.9 Å². The van der Waals surface area contributed by atoms with Crippen LogP contribution in [0.1, 0.15) is 31.1 Å². The lowest BCUT2D eigenvalue weighted by Crippen LogP contribution is -2.52. The summed E-state index contributed by atoms with van der Waals surface area (Å²) in [5, 5.41) is -0.227. The molecule has 0 spiro atoms. The van der Waals surface area contributed by atoms with Crippen molar-refractivity contribution in [1.82, 2.24) is 0 Å². The first-order valence-corrected chi connectivity index (χ1v) is 11.3. The van der Waals surface area contributed by atoms with E-state index in [2.05, 4.69) is 0 Å². The number of benzene rings is 1. The Balaban J connectivity index is 3.54. The summed E-state index contributed by atoms with van der Waals surface area (Å²) in [7, 11) is 0.0589. The first kappa shape index (κ1) is 21.1. The molecule has 0 aromatic heterocycles. The fourth-order valence-corrected chi connectivity index (χ4v) is 5.51. The largest absolute Gasteiger partial charge is 0.469 e. The van der Waals surface area contributed by atoms with Gasteiger partial charge in [0.15, 0.2) is 5.78 Å². The van der Waals surface area contributed by atoms with Gasteiger partial charge in [-0.25, -0.2) is 0 Å². The van der Waals surface area contributed by atoms with Gasteiger partial charge in [0.05, 0.1) is 27.8 Å². The fraction of sp³-hybridized carbons (Fsp3) is 0.526. The highest BCUT2D eigenvalue weighted by molar-refractivity contribution is 6.84. The lowest BCUT2D eigenvalue weighted by Gasteiger charge is -2.43. The van der Waals surface area contributed by atoms with Crippen LogP contribution in [-0.4, -0.2) is 40.0 Å². The molecule has 0 heterocycles. The molecule has 1 aromatic rings. The Morgan fingerprint density at radius 1 is 0.920 bits per heavy atom. The molecule has 0 fully saturated rings. The summed E-state index contributed by atoms with van der Waals surface area (Å²) in [4.78, 5) is 38.3. The van der Waals surface area contributed by atoms with Crippen LogP contribution in [0.5, 0.6) is 0 Å². The van der Waals surface area contributed by atoms with Crippen molar-refractivity contribution in [3.63, 3.8) is 0 Å². The zero-order chi connectivity index (χ0) is 19.4. The summed E-state index contributed by atoms with van der Waals surface area (Å²) < 4.78 is 9.88. The first-order chi connectivity index (χ1) is 11.5. The molecule has 6 heteroatoms. The normalized spacial score (nSPS) is 14.4. The van der Waals surface area contributed by atoms with Gasteiger partial charge in [0.2, 0.25) is 0 Å². The van der Waals surface area contributed by atoms with Crippen LogP contribution in [0.15, 0.2) is 30.3 Å². The molecule has 0 N–H and O–H groups in total. The van der Waals surface area contributed by atoms with E-state index in [9.17, 15) is 14.4 Å². The molecular weight excluding hydrogens is 336 g/mol. The van der Waals surface area contributed by atoms with E-state index in [1.807, 2.05) is 33.9 Å². The van der Waals surface area contributed by atoms with Crippen LogP contribution < -0.4 is 0 Å². The van der Waals surface area contributed by atoms with Gasteiger partial charge in [-0.1, -0.05) is 64.2 Å². The Kier molecular flexibility index (Phi) is 6.71. The molecule has 0 radical (unpaired) electrons. The summed E-state index contributed by atoms with van der Waals surface area (Å²) >= 11 is 0. The minimum atomic E-state index is -2.45. The zero-order valence-electron chi connectivity index (χ0n) is 16.1. The number of carbonyl (C=O) groups excluding carboxylic acids is 3. The predicted molar refractivity (Wildman–Crippen MR) is 99.2 cm³/mol. The summed E-state index contributed by atoms with van der Waals surface area (Å²) in [6.45, 7) is 10.1. The van der Waals surface area contributed by atoms with Crippen LogP contribution >= 0.6 is 0 Å². The molecule has 0 saturated carbocycles. The van der Waals surface area contributed by atoms with Gasteiger partial charge in [0, 0.05) is 5.56 Å². The number of ketones is 1. The van der Waals surface area contributed by atoms with Gasteiger partial charge in [-0.2, -0.15) is 0 Å². The summed E-state index contributed by atoms with van der Waals surface area (Å²) in [5.74, 6) is -2.85. The molecule has 25 heavy (non-hydrogen) atoms. The maximum atomic E-state index is 13.1. The van der Waals surface area contributed by atoms with E-state index in [0.717, 1.165) is 0 Å². The number of esters is 2. The molecule has 0 aliphatic rings. The van der Waals surface area contributed by atoms with Crippen LogP contribution in [0, 0.1) is 5.92 Å². The van der Waals surface area contributed by atoms with Crippen LogP contribution in [0.4, 0.5) is 0 Å². The van der Waals surface area contributed by atoms with Crippen molar-refractivity contribution >= 4 is 25.8 Å². The molecule has 2 atom stereocenters. The van der Waals surface area contributed by atoms with Gasteiger partial charge >= 0.3 is 11.9 Å². The van der Waals surface area contributed by atoms with Crippen LogP contribution in [-0.2, 0) is 19.1 Å². The van der Waals surface area contributed by atoms with Gasteiger partial charge < -0.3 is 9.47 Å². The van der Waals surface area contributed by atoms with Crippen LogP contribution in [0.3, 0.4) is 0 Å². The molecule has 5 nitrogen and oxygen atoms in total. The highest BCUT2D eigenvalue weighted by Crippen LogP contribution is 2.48. The fourth-order valence-electron chi connectivity index (χ4n) is 2.74. The molecule has 1 rings (SSSR count). The number of carbonyl (C=O) groups is 3. The molecule has 0 amide bonds. The van der Waals surface area contributed by atoms with E-state index in [-0.39, 0.29) is 5.04 Å². The number of rotatable bonds is 6. The van der Waals surface area contributed by atoms with Gasteiger partial charge in [-0.15, -0.1) is 0 Å². The van der Waals surface area contributed by atoms with E-state index in [1.165, 1.54) is 14.2 Å². The van der Waals surface area contributed by atoms with Crippen molar-refractivity contribution in [1.29, 1.82) is 0 Å². The number of ether oxygens (including phenoxy) is 2. The van der Waals surface area contributed by atoms with Crippen molar-refractivity contribution in [2.24, 2.45) is 5.92 Å². The average Bonchev–Trinajstić information content (AvgIpc) is 2.57. The molecule has 1 aromatic carbocycles. The third-order valence-corrected chi connectivity index (χ3v) is 11.3. The highest BCUT2D eigenvalue weighted by atomic mass is 28.3. The lowest BCUT2D eigenvalue weighted by atomic mass is 9.94. The second-order valence-electron chi connectivity index (χ2n) is 7.70. The number of hydrogen-bond donors (Lipinski definition) is 0. The summed E-state index contributed by atoms with van der Waals surface area (Å²) in [6, 6.07) is 8.51. The van der Waals surface area contributed by atoms with E-state index >= 15 is 0 Å². The molecule has 0 aliphatic heterocycles. The second kappa shape index (κ2) is 7.95. The molecule has 0 aliphatic carbocycles. The zero-order valence-corrected chi connectivity index (χ0v) is 17.1. The maximum absolute atomic E-state index is 13.1. The van der Waals surface area contributed by atoms with Gasteiger partial charge in [0.1, 0.15) is 5.92 Å². The van der Waals surface area contributed by atoms with Crippen LogP contribution in [0.2, 0.25) is 23.7 Å². The second-order valence-corrected chi connectivity index (χ2v) is 13.3. The Morgan fingerprint density at radius 3 is 1.80 bits per heavy atom. The highest BCUT2D eigenvalue weighted by Gasteiger charge is 2.54. The Bertz CT molecular complexity index is 631.